The molecule has 0 bridgehead atoms. The zero-order valence-electron chi connectivity index (χ0n) is 12.2. The highest BCUT2D eigenvalue weighted by Gasteiger charge is 2.53. The molecule has 132 valence electrons. The van der Waals surface area contributed by atoms with E-state index in [-0.39, 0.29) is 0 Å². The Kier molecular flexibility index (Phi) is 4.56. The number of aliphatic carboxylic acids is 1. The molecule has 1 aliphatic carbocycles. The lowest BCUT2D eigenvalue weighted by Crippen LogP contribution is -2.58. The van der Waals surface area contributed by atoms with E-state index in [0.29, 0.717) is 0 Å². The normalized spacial score (nSPS) is 29.9. The molecule has 0 aliphatic heterocycles. The minimum Gasteiger partial charge on any atom is -0.504 e. The summed E-state index contributed by atoms with van der Waals surface area (Å²) in [6, 6.07) is 1.49. The number of phenolic OH excluding ortho intramolecular Hbond substituents is 3. The van der Waals surface area contributed by atoms with Crippen LogP contribution in [-0.4, -0.2) is 71.6 Å². The second-order valence-electron chi connectivity index (χ2n) is 5.59. The van der Waals surface area contributed by atoms with Crippen molar-refractivity contribution in [2.75, 3.05) is 0 Å². The predicted octanol–water partition coefficient (Wildman–Crippen LogP) is -1.34. The maximum Gasteiger partial charge on any atom is 0.348 e. The third-order valence-corrected chi connectivity index (χ3v) is 3.85. The molecular weight excluding hydrogens is 328 g/mol. The fourth-order valence-corrected chi connectivity index (χ4v) is 2.52. The van der Waals surface area contributed by atoms with E-state index < -0.39 is 71.5 Å². The number of aromatic hydroxyl groups is 3. The summed E-state index contributed by atoms with van der Waals surface area (Å²) >= 11 is 0. The predicted molar refractivity (Wildman–Crippen MR) is 74.5 cm³/mol. The first-order valence-electron chi connectivity index (χ1n) is 6.83. The van der Waals surface area contributed by atoms with Gasteiger partial charge in [0.1, 0.15) is 6.10 Å². The minimum atomic E-state index is -2.31. The molecule has 0 aromatic heterocycles. The van der Waals surface area contributed by atoms with Gasteiger partial charge in [0.25, 0.3) is 0 Å². The molecule has 10 heteroatoms. The van der Waals surface area contributed by atoms with E-state index in [0.717, 1.165) is 12.1 Å². The van der Waals surface area contributed by atoms with E-state index in [1.807, 2.05) is 0 Å². The van der Waals surface area contributed by atoms with E-state index in [9.17, 15) is 45.3 Å². The number of phenols is 3. The summed E-state index contributed by atoms with van der Waals surface area (Å²) in [7, 11) is 0. The zero-order chi connectivity index (χ0) is 18.2. The summed E-state index contributed by atoms with van der Waals surface area (Å²) in [5.41, 5.74) is -2.77. The highest BCUT2D eigenvalue weighted by Crippen LogP contribution is 2.37. The molecule has 3 unspecified atom stereocenters. The summed E-state index contributed by atoms with van der Waals surface area (Å²) in [6.07, 6.45) is -6.19. The molecule has 24 heavy (non-hydrogen) atoms. The number of benzene rings is 1. The number of ether oxygens (including phenoxy) is 1. The van der Waals surface area contributed by atoms with Crippen molar-refractivity contribution >= 4 is 11.9 Å². The first-order valence-corrected chi connectivity index (χ1v) is 6.83. The van der Waals surface area contributed by atoms with E-state index in [1.165, 1.54) is 0 Å². The third-order valence-electron chi connectivity index (χ3n) is 3.85. The number of esters is 1. The Morgan fingerprint density at radius 1 is 1.00 bits per heavy atom. The molecule has 7 N–H and O–H groups in total. The SMILES string of the molecule is O=C(OC1(C(=O)O)CC(O)C(O)[C@H](O)C1)c1cc(O)c(O)c(O)c1. The van der Waals surface area contributed by atoms with Gasteiger partial charge in [-0.2, -0.15) is 0 Å². The largest absolute Gasteiger partial charge is 0.504 e. The quantitative estimate of drug-likeness (QED) is 0.256. The molecule has 1 aliphatic rings. The van der Waals surface area contributed by atoms with Crippen molar-refractivity contribution in [2.45, 2.75) is 36.8 Å². The molecule has 1 fully saturated rings. The number of carboxylic acids is 1. The van der Waals surface area contributed by atoms with Gasteiger partial charge in [0.05, 0.1) is 17.8 Å². The van der Waals surface area contributed by atoms with Crippen LogP contribution < -0.4 is 0 Å². The van der Waals surface area contributed by atoms with Crippen molar-refractivity contribution in [1.29, 1.82) is 0 Å². The summed E-state index contributed by atoms with van der Waals surface area (Å²) in [6.45, 7) is 0. The van der Waals surface area contributed by atoms with Crippen LogP contribution in [0.2, 0.25) is 0 Å². The number of rotatable bonds is 3. The van der Waals surface area contributed by atoms with Gasteiger partial charge in [-0.1, -0.05) is 0 Å². The zero-order valence-corrected chi connectivity index (χ0v) is 12.2. The van der Waals surface area contributed by atoms with Crippen LogP contribution >= 0.6 is 0 Å². The van der Waals surface area contributed by atoms with Crippen molar-refractivity contribution in [1.82, 2.24) is 0 Å². The summed E-state index contributed by atoms with van der Waals surface area (Å²) in [5.74, 6) is -5.45. The highest BCUT2D eigenvalue weighted by molar-refractivity contribution is 5.93. The Labute approximate surface area is 134 Å². The third kappa shape index (κ3) is 3.07. The molecule has 10 nitrogen and oxygen atoms in total. The lowest BCUT2D eigenvalue weighted by molar-refractivity contribution is -0.187. The topological polar surface area (TPSA) is 185 Å². The average Bonchev–Trinajstić information content (AvgIpc) is 2.49. The van der Waals surface area contributed by atoms with Gasteiger partial charge in [-0.15, -0.1) is 0 Å². The number of aliphatic hydroxyl groups excluding tert-OH is 3. The van der Waals surface area contributed by atoms with Gasteiger partial charge in [-0.05, 0) is 12.1 Å². The maximum atomic E-state index is 12.1. The molecule has 0 spiro atoms. The van der Waals surface area contributed by atoms with Gasteiger partial charge in [-0.25, -0.2) is 9.59 Å². The number of aliphatic hydroxyl groups is 3. The number of carbonyl (C=O) groups excluding carboxylic acids is 1. The number of hydrogen-bond acceptors (Lipinski definition) is 9. The van der Waals surface area contributed by atoms with Gasteiger partial charge in [0.15, 0.2) is 17.2 Å². The first kappa shape index (κ1) is 17.8. The average molecular weight is 344 g/mol. The Morgan fingerprint density at radius 2 is 1.46 bits per heavy atom. The van der Waals surface area contributed by atoms with Crippen molar-refractivity contribution in [3.8, 4) is 17.2 Å². The smallest absolute Gasteiger partial charge is 0.348 e. The van der Waals surface area contributed by atoms with Gasteiger partial charge in [0, 0.05) is 12.8 Å². The fraction of sp³-hybridized carbons (Fsp3) is 0.429. The lowest BCUT2D eigenvalue weighted by Gasteiger charge is -2.40. The molecule has 4 atom stereocenters. The summed E-state index contributed by atoms with van der Waals surface area (Å²) < 4.78 is 4.89. The molecule has 0 radical (unpaired) electrons. The van der Waals surface area contributed by atoms with Crippen LogP contribution in [0.3, 0.4) is 0 Å². The van der Waals surface area contributed by atoms with Gasteiger partial charge >= 0.3 is 11.9 Å². The van der Waals surface area contributed by atoms with Crippen molar-refractivity contribution in [3.05, 3.63) is 17.7 Å². The number of carbonyl (C=O) groups is 2. The molecule has 2 rings (SSSR count). The number of hydrogen-bond donors (Lipinski definition) is 7. The highest BCUT2D eigenvalue weighted by atomic mass is 16.6. The maximum absolute atomic E-state index is 12.1. The lowest BCUT2D eigenvalue weighted by atomic mass is 9.79. The minimum absolute atomic E-state index is 0.460. The van der Waals surface area contributed by atoms with Crippen LogP contribution in [0.4, 0.5) is 0 Å². The van der Waals surface area contributed by atoms with Crippen molar-refractivity contribution in [2.24, 2.45) is 0 Å². The van der Waals surface area contributed by atoms with E-state index in [2.05, 4.69) is 0 Å². The second kappa shape index (κ2) is 6.15. The summed E-state index contributed by atoms with van der Waals surface area (Å²) in [4.78, 5) is 23.6. The first-order chi connectivity index (χ1) is 11.1. The van der Waals surface area contributed by atoms with Gasteiger partial charge in [-0.3, -0.25) is 0 Å². The Balaban J connectivity index is 2.32. The molecule has 0 amide bonds. The van der Waals surface area contributed by atoms with Crippen LogP contribution in [-0.2, 0) is 9.53 Å². The molecule has 0 heterocycles. The Morgan fingerprint density at radius 3 is 1.88 bits per heavy atom. The van der Waals surface area contributed by atoms with Crippen LogP contribution in [0.25, 0.3) is 0 Å². The fourth-order valence-electron chi connectivity index (χ4n) is 2.52. The van der Waals surface area contributed by atoms with Crippen LogP contribution in [0.1, 0.15) is 23.2 Å². The Bertz CT molecular complexity index is 635. The molecule has 1 aromatic rings. The van der Waals surface area contributed by atoms with Gasteiger partial charge in [0.2, 0.25) is 5.60 Å². The van der Waals surface area contributed by atoms with E-state index in [4.69, 9.17) is 4.74 Å². The van der Waals surface area contributed by atoms with Gasteiger partial charge < -0.3 is 40.5 Å². The summed E-state index contributed by atoms with van der Waals surface area (Å²) in [5, 5.41) is 66.1. The van der Waals surface area contributed by atoms with Crippen molar-refractivity contribution in [3.63, 3.8) is 0 Å². The Hall–Kier alpha value is -2.56. The van der Waals surface area contributed by atoms with E-state index in [1.54, 1.807) is 0 Å². The molecule has 1 saturated carbocycles. The number of carboxylic acid groups (broad SMARTS) is 1. The standard InChI is InChI=1S/C14H16O10/c15-6-1-5(2-7(16)10(6)19)12(21)24-14(13(22)23)3-8(17)11(20)9(18)4-14/h1-2,8-9,11,15-20H,3-4H2,(H,22,23)/t8-,9?,11?,14?/m1/s1. The molecule has 0 saturated heterocycles. The van der Waals surface area contributed by atoms with Crippen LogP contribution in [0.15, 0.2) is 12.1 Å². The molecule has 1 aromatic carbocycles. The van der Waals surface area contributed by atoms with Crippen LogP contribution in [0, 0.1) is 0 Å². The second-order valence-corrected chi connectivity index (χ2v) is 5.59. The van der Waals surface area contributed by atoms with E-state index >= 15 is 0 Å². The monoisotopic (exact) mass is 344 g/mol. The van der Waals surface area contributed by atoms with Crippen LogP contribution in [0.5, 0.6) is 17.2 Å². The molecular formula is C14H16O10. The van der Waals surface area contributed by atoms with Crippen molar-refractivity contribution < 1.29 is 50.1 Å².